The minimum atomic E-state index is -0.411. The van der Waals surface area contributed by atoms with Gasteiger partial charge >= 0.3 is 0 Å². The van der Waals surface area contributed by atoms with Gasteiger partial charge in [-0.3, -0.25) is 4.79 Å². The molecule has 0 aliphatic carbocycles. The molecule has 3 heterocycles. The Bertz CT molecular complexity index is 1370. The van der Waals surface area contributed by atoms with Crippen LogP contribution in [-0.2, 0) is 6.54 Å². The number of rotatable bonds is 4. The monoisotopic (exact) mass is 450 g/mol. The number of aryl methyl sites for hydroxylation is 1. The second kappa shape index (κ2) is 8.42. The van der Waals surface area contributed by atoms with Crippen molar-refractivity contribution in [1.29, 1.82) is 0 Å². The van der Waals surface area contributed by atoms with Gasteiger partial charge in [-0.2, -0.15) is 4.98 Å². The summed E-state index contributed by atoms with van der Waals surface area (Å²) in [4.78, 5) is 19.7. The summed E-state index contributed by atoms with van der Waals surface area (Å²) in [5.74, 6) is 0.136. The minimum absolute atomic E-state index is 0.0397. The second-order valence-corrected chi connectivity index (χ2v) is 8.58. The number of aromatic nitrogens is 3. The first-order valence-corrected chi connectivity index (χ1v) is 11.2. The number of nitrogens with zero attached hydrogens (tertiary/aromatic N) is 4. The van der Waals surface area contributed by atoms with Crippen molar-refractivity contribution in [2.45, 2.75) is 33.2 Å². The highest BCUT2D eigenvalue weighted by molar-refractivity contribution is 5.86. The fraction of sp³-hybridized carbons (Fsp3) is 0.320. The van der Waals surface area contributed by atoms with Crippen molar-refractivity contribution in [2.75, 3.05) is 18.0 Å². The van der Waals surface area contributed by atoms with Gasteiger partial charge in [-0.05, 0) is 62.1 Å². The summed E-state index contributed by atoms with van der Waals surface area (Å²) in [6.07, 6.45) is 3.71. The van der Waals surface area contributed by atoms with Gasteiger partial charge in [-0.25, -0.2) is 8.78 Å². The number of benzene rings is 2. The summed E-state index contributed by atoms with van der Waals surface area (Å²) in [5.41, 5.74) is 1.58. The molecule has 1 aliphatic heterocycles. The van der Waals surface area contributed by atoms with Crippen LogP contribution in [0.25, 0.3) is 33.7 Å². The maximum Gasteiger partial charge on any atom is 0.263 e. The Morgan fingerprint density at radius 3 is 2.55 bits per heavy atom. The summed E-state index contributed by atoms with van der Waals surface area (Å²) in [6, 6.07) is 8.76. The molecule has 2 aromatic carbocycles. The number of pyridine rings is 1. The van der Waals surface area contributed by atoms with Crippen LogP contribution in [0.1, 0.15) is 26.7 Å². The maximum absolute atomic E-state index is 15.1. The molecule has 0 radical (unpaired) electrons. The average Bonchev–Trinajstić information content (AvgIpc) is 3.30. The number of hydrogen-bond acceptors (Lipinski definition) is 5. The molecule has 1 saturated heterocycles. The Morgan fingerprint density at radius 1 is 1.12 bits per heavy atom. The number of halogens is 2. The van der Waals surface area contributed by atoms with Gasteiger partial charge in [-0.1, -0.05) is 12.1 Å². The summed E-state index contributed by atoms with van der Waals surface area (Å²) in [7, 11) is 0. The van der Waals surface area contributed by atoms with Crippen LogP contribution in [0.3, 0.4) is 0 Å². The zero-order valence-corrected chi connectivity index (χ0v) is 18.5. The molecule has 33 heavy (non-hydrogen) atoms. The van der Waals surface area contributed by atoms with Crippen molar-refractivity contribution < 1.29 is 13.3 Å². The summed E-state index contributed by atoms with van der Waals surface area (Å²) >= 11 is 0. The van der Waals surface area contributed by atoms with Crippen LogP contribution in [0.4, 0.5) is 14.5 Å². The Kier molecular flexibility index (Phi) is 5.44. The molecule has 0 N–H and O–H groups in total. The van der Waals surface area contributed by atoms with Gasteiger partial charge in [0.15, 0.2) is 0 Å². The third kappa shape index (κ3) is 3.90. The van der Waals surface area contributed by atoms with E-state index in [1.54, 1.807) is 12.3 Å². The van der Waals surface area contributed by atoms with Crippen molar-refractivity contribution in [3.05, 3.63) is 64.5 Å². The van der Waals surface area contributed by atoms with Crippen LogP contribution in [-0.4, -0.2) is 27.8 Å². The van der Waals surface area contributed by atoms with E-state index in [0.29, 0.717) is 29.2 Å². The van der Waals surface area contributed by atoms with E-state index < -0.39 is 5.82 Å². The summed E-state index contributed by atoms with van der Waals surface area (Å²) in [5, 5.41) is 4.20. The van der Waals surface area contributed by atoms with E-state index in [0.717, 1.165) is 25.9 Å². The summed E-state index contributed by atoms with van der Waals surface area (Å²) in [6.45, 7) is 6.34. The highest BCUT2D eigenvalue weighted by atomic mass is 19.1. The van der Waals surface area contributed by atoms with E-state index in [1.165, 1.54) is 30.3 Å². The number of fused-ring (bicyclic) bond motifs is 1. The van der Waals surface area contributed by atoms with Crippen LogP contribution in [0.5, 0.6) is 0 Å². The fourth-order valence-electron chi connectivity index (χ4n) is 4.35. The van der Waals surface area contributed by atoms with Crippen molar-refractivity contribution in [1.82, 2.24) is 14.7 Å². The highest BCUT2D eigenvalue weighted by Crippen LogP contribution is 2.30. The first-order chi connectivity index (χ1) is 15.9. The fourth-order valence-corrected chi connectivity index (χ4v) is 4.35. The topological polar surface area (TPSA) is 64.2 Å². The molecule has 5 rings (SSSR count). The molecule has 0 unspecified atom stereocenters. The molecular weight excluding hydrogens is 426 g/mol. The first-order valence-electron chi connectivity index (χ1n) is 11.2. The molecule has 1 fully saturated rings. The van der Waals surface area contributed by atoms with Gasteiger partial charge in [0.2, 0.25) is 11.3 Å². The van der Waals surface area contributed by atoms with Crippen LogP contribution in [0.2, 0.25) is 0 Å². The molecular formula is C25H24F2N4O2. The summed E-state index contributed by atoms with van der Waals surface area (Å²) < 4.78 is 35.6. The lowest BCUT2D eigenvalue weighted by atomic mass is 9.98. The van der Waals surface area contributed by atoms with E-state index in [1.807, 2.05) is 11.5 Å². The third-order valence-electron chi connectivity index (χ3n) is 6.37. The Balaban J connectivity index is 1.59. The zero-order valence-electron chi connectivity index (χ0n) is 18.5. The lowest BCUT2D eigenvalue weighted by molar-refractivity contribution is 0.431. The number of piperidine rings is 1. The average molecular weight is 450 g/mol. The minimum Gasteiger partial charge on any atom is -0.369 e. The Morgan fingerprint density at radius 2 is 1.85 bits per heavy atom. The predicted molar refractivity (Wildman–Crippen MR) is 123 cm³/mol. The van der Waals surface area contributed by atoms with Crippen LogP contribution >= 0.6 is 0 Å². The molecule has 4 aromatic rings. The van der Waals surface area contributed by atoms with Crippen molar-refractivity contribution >= 4 is 16.6 Å². The largest absolute Gasteiger partial charge is 0.369 e. The van der Waals surface area contributed by atoms with Gasteiger partial charge in [0.05, 0.1) is 11.2 Å². The van der Waals surface area contributed by atoms with E-state index >= 15 is 4.39 Å². The number of anilines is 1. The van der Waals surface area contributed by atoms with E-state index in [-0.39, 0.29) is 33.9 Å². The molecule has 0 spiro atoms. The van der Waals surface area contributed by atoms with Gasteiger partial charge in [0.25, 0.3) is 5.89 Å². The van der Waals surface area contributed by atoms with E-state index in [2.05, 4.69) is 22.0 Å². The van der Waals surface area contributed by atoms with Crippen LogP contribution in [0, 0.1) is 17.6 Å². The predicted octanol–water partition coefficient (Wildman–Crippen LogP) is 5.25. The SMILES string of the molecule is CCn1cc(-c2nc(-c3ccc(F)cc3)no2)c(=O)c2cc(F)c(N3CCC(C)CC3)cc21. The van der Waals surface area contributed by atoms with E-state index in [9.17, 15) is 9.18 Å². The van der Waals surface area contributed by atoms with E-state index in [4.69, 9.17) is 4.52 Å². The van der Waals surface area contributed by atoms with Crippen molar-refractivity contribution in [2.24, 2.45) is 5.92 Å². The molecule has 0 atom stereocenters. The molecule has 0 saturated carbocycles. The van der Waals surface area contributed by atoms with Gasteiger partial charge in [-0.15, -0.1) is 0 Å². The lowest BCUT2D eigenvalue weighted by Crippen LogP contribution is -2.33. The highest BCUT2D eigenvalue weighted by Gasteiger charge is 2.22. The quantitative estimate of drug-likeness (QED) is 0.425. The van der Waals surface area contributed by atoms with Gasteiger partial charge < -0.3 is 14.0 Å². The standard InChI is InChI=1S/C25H24F2N4O2/c1-3-30-14-19(25-28-24(29-33-25)16-4-6-17(26)7-5-16)23(32)18-12-20(27)22(13-21(18)30)31-10-8-15(2)9-11-31/h4-7,12-15H,3,8-11H2,1-2H3. The lowest BCUT2D eigenvalue weighted by Gasteiger charge is -2.32. The van der Waals surface area contributed by atoms with Crippen molar-refractivity contribution in [3.8, 4) is 22.8 Å². The molecule has 8 heteroatoms. The molecule has 170 valence electrons. The van der Waals surface area contributed by atoms with Gasteiger partial charge in [0.1, 0.15) is 17.2 Å². The maximum atomic E-state index is 15.1. The smallest absolute Gasteiger partial charge is 0.263 e. The third-order valence-corrected chi connectivity index (χ3v) is 6.37. The normalized spacial score (nSPS) is 14.8. The number of hydrogen-bond donors (Lipinski definition) is 0. The second-order valence-electron chi connectivity index (χ2n) is 8.58. The van der Waals surface area contributed by atoms with Crippen molar-refractivity contribution in [3.63, 3.8) is 0 Å². The molecule has 1 aliphatic rings. The molecule has 6 nitrogen and oxygen atoms in total. The Hall–Kier alpha value is -3.55. The molecule has 0 bridgehead atoms. The van der Waals surface area contributed by atoms with Crippen LogP contribution < -0.4 is 10.3 Å². The van der Waals surface area contributed by atoms with Gasteiger partial charge in [0, 0.05) is 36.8 Å². The molecule has 0 amide bonds. The Labute approximate surface area is 189 Å². The first kappa shape index (κ1) is 21.3. The molecule has 2 aromatic heterocycles. The van der Waals surface area contributed by atoms with Crippen LogP contribution in [0.15, 0.2) is 51.9 Å². The zero-order chi connectivity index (χ0) is 23.1.